The van der Waals surface area contributed by atoms with Crippen molar-refractivity contribution in [3.8, 4) is 0 Å². The lowest BCUT2D eigenvalue weighted by Gasteiger charge is -2.19. The second kappa shape index (κ2) is 8.30. The number of hydrogen-bond acceptors (Lipinski definition) is 9. The molecule has 30 heavy (non-hydrogen) atoms. The zero-order chi connectivity index (χ0) is 22.2. The van der Waals surface area contributed by atoms with E-state index in [-0.39, 0.29) is 17.1 Å². The van der Waals surface area contributed by atoms with Crippen LogP contribution in [0.25, 0.3) is 11.2 Å². The van der Waals surface area contributed by atoms with Crippen LogP contribution in [-0.4, -0.2) is 62.5 Å². The predicted octanol–water partition coefficient (Wildman–Crippen LogP) is 0.171. The van der Waals surface area contributed by atoms with Crippen LogP contribution in [0.1, 0.15) is 20.1 Å². The molecule has 1 aliphatic rings. The SMILES string of the molecule is CC(=O)OC[C@H]1O[C@@H](n2c(=O)n(CC(F)F)c3cnc(N)nc32)[C@H](OC(C)=O)[C@@H]1F. The molecular formula is C16H18F3N5O6. The van der Waals surface area contributed by atoms with Gasteiger partial charge in [0.05, 0.1) is 12.7 Å². The summed E-state index contributed by atoms with van der Waals surface area (Å²) in [6.07, 6.45) is -8.41. The normalized spacial score (nSPS) is 23.8. The maximum Gasteiger partial charge on any atom is 0.332 e. The van der Waals surface area contributed by atoms with Crippen LogP contribution >= 0.6 is 0 Å². The predicted molar refractivity (Wildman–Crippen MR) is 93.2 cm³/mol. The molecular weight excluding hydrogens is 415 g/mol. The Hall–Kier alpha value is -3.16. The monoisotopic (exact) mass is 433 g/mol. The van der Waals surface area contributed by atoms with Crippen LogP contribution in [0.3, 0.4) is 0 Å². The molecule has 0 aliphatic carbocycles. The van der Waals surface area contributed by atoms with Crippen LogP contribution in [0.2, 0.25) is 0 Å². The first-order valence-corrected chi connectivity index (χ1v) is 8.71. The number of fused-ring (bicyclic) bond motifs is 1. The number of nitrogens with two attached hydrogens (primary N) is 1. The Labute approximate surface area is 166 Å². The number of ether oxygens (including phenoxy) is 3. The van der Waals surface area contributed by atoms with Crippen LogP contribution in [0.5, 0.6) is 0 Å². The van der Waals surface area contributed by atoms with Gasteiger partial charge in [0.15, 0.2) is 24.2 Å². The lowest BCUT2D eigenvalue weighted by Crippen LogP contribution is -2.37. The number of carbonyl (C=O) groups is 2. The summed E-state index contributed by atoms with van der Waals surface area (Å²) in [4.78, 5) is 43.0. The molecule has 2 aromatic rings. The van der Waals surface area contributed by atoms with Gasteiger partial charge in [-0.25, -0.2) is 27.5 Å². The number of nitrogens with zero attached hydrogens (tertiary/aromatic N) is 4. The van der Waals surface area contributed by atoms with Gasteiger partial charge in [-0.1, -0.05) is 0 Å². The van der Waals surface area contributed by atoms with Gasteiger partial charge in [-0.3, -0.25) is 14.2 Å². The third-order valence-electron chi connectivity index (χ3n) is 4.32. The smallest absolute Gasteiger partial charge is 0.332 e. The molecule has 164 valence electrons. The van der Waals surface area contributed by atoms with Crippen molar-refractivity contribution in [2.24, 2.45) is 0 Å². The maximum absolute atomic E-state index is 14.9. The number of rotatable bonds is 6. The van der Waals surface area contributed by atoms with E-state index in [9.17, 15) is 27.6 Å². The van der Waals surface area contributed by atoms with Crippen LogP contribution in [-0.2, 0) is 30.3 Å². The molecule has 3 heterocycles. The van der Waals surface area contributed by atoms with E-state index in [0.29, 0.717) is 4.57 Å². The van der Waals surface area contributed by atoms with Crippen LogP contribution in [0.15, 0.2) is 11.0 Å². The van der Waals surface area contributed by atoms with Gasteiger partial charge in [-0.15, -0.1) is 0 Å². The molecule has 1 aliphatic heterocycles. The van der Waals surface area contributed by atoms with Crippen molar-refractivity contribution in [3.05, 3.63) is 16.7 Å². The number of halogens is 3. The lowest BCUT2D eigenvalue weighted by molar-refractivity contribution is -0.154. The Morgan fingerprint density at radius 1 is 1.33 bits per heavy atom. The third-order valence-corrected chi connectivity index (χ3v) is 4.32. The molecule has 4 atom stereocenters. The number of hydrogen-bond donors (Lipinski definition) is 1. The highest BCUT2D eigenvalue weighted by Crippen LogP contribution is 2.35. The van der Waals surface area contributed by atoms with E-state index >= 15 is 0 Å². The average molecular weight is 433 g/mol. The number of carbonyl (C=O) groups excluding carboxylic acids is 2. The van der Waals surface area contributed by atoms with E-state index in [2.05, 4.69) is 9.97 Å². The Kier molecular flexibility index (Phi) is 5.96. The summed E-state index contributed by atoms with van der Waals surface area (Å²) < 4.78 is 57.6. The maximum atomic E-state index is 14.9. The van der Waals surface area contributed by atoms with E-state index in [1.54, 1.807) is 0 Å². The number of aromatic nitrogens is 4. The molecule has 0 amide bonds. The zero-order valence-electron chi connectivity index (χ0n) is 15.8. The average Bonchev–Trinajstić information content (AvgIpc) is 3.07. The number of esters is 2. The van der Waals surface area contributed by atoms with Gasteiger partial charge in [0.1, 0.15) is 18.2 Å². The van der Waals surface area contributed by atoms with Crippen molar-refractivity contribution in [2.45, 2.75) is 51.4 Å². The van der Waals surface area contributed by atoms with Crippen molar-refractivity contribution >= 4 is 29.1 Å². The Bertz CT molecular complexity index is 1020. The Balaban J connectivity index is 2.12. The largest absolute Gasteiger partial charge is 0.463 e. The van der Waals surface area contributed by atoms with Crippen LogP contribution < -0.4 is 11.4 Å². The first kappa shape index (κ1) is 21.5. The highest BCUT2D eigenvalue weighted by Gasteiger charge is 2.50. The van der Waals surface area contributed by atoms with Crippen molar-refractivity contribution in [1.29, 1.82) is 0 Å². The molecule has 0 spiro atoms. The van der Waals surface area contributed by atoms with Gasteiger partial charge >= 0.3 is 17.6 Å². The third kappa shape index (κ3) is 4.08. The molecule has 0 saturated carbocycles. The topological polar surface area (TPSA) is 141 Å². The first-order valence-electron chi connectivity index (χ1n) is 8.71. The summed E-state index contributed by atoms with van der Waals surface area (Å²) in [7, 11) is 0. The van der Waals surface area contributed by atoms with Gasteiger partial charge in [0.25, 0.3) is 6.43 Å². The highest BCUT2D eigenvalue weighted by molar-refractivity contribution is 5.72. The van der Waals surface area contributed by atoms with E-state index in [4.69, 9.17) is 19.9 Å². The molecule has 1 saturated heterocycles. The molecule has 0 unspecified atom stereocenters. The summed E-state index contributed by atoms with van der Waals surface area (Å²) in [5.41, 5.74) is 4.22. The minimum absolute atomic E-state index is 0.0986. The lowest BCUT2D eigenvalue weighted by atomic mass is 10.1. The second-order valence-corrected chi connectivity index (χ2v) is 6.48. The van der Waals surface area contributed by atoms with E-state index < -0.39 is 61.8 Å². The molecule has 14 heteroatoms. The van der Waals surface area contributed by atoms with Gasteiger partial charge < -0.3 is 19.9 Å². The minimum atomic E-state index is -2.89. The minimum Gasteiger partial charge on any atom is -0.463 e. The van der Waals surface area contributed by atoms with Crippen LogP contribution in [0, 0.1) is 0 Å². The first-order chi connectivity index (χ1) is 14.1. The molecule has 3 rings (SSSR count). The van der Waals surface area contributed by atoms with Crippen molar-refractivity contribution in [2.75, 3.05) is 12.3 Å². The van der Waals surface area contributed by atoms with E-state index in [1.807, 2.05) is 0 Å². The van der Waals surface area contributed by atoms with Gasteiger partial charge in [-0.05, 0) is 0 Å². The molecule has 0 bridgehead atoms. The number of alkyl halides is 3. The summed E-state index contributed by atoms with van der Waals surface area (Å²) in [6, 6.07) is 0. The zero-order valence-corrected chi connectivity index (χ0v) is 15.8. The quantitative estimate of drug-likeness (QED) is 0.631. The van der Waals surface area contributed by atoms with Crippen molar-refractivity contribution < 1.29 is 37.0 Å². The Morgan fingerprint density at radius 2 is 2.03 bits per heavy atom. The molecule has 11 nitrogen and oxygen atoms in total. The highest BCUT2D eigenvalue weighted by atomic mass is 19.3. The molecule has 0 radical (unpaired) electrons. The second-order valence-electron chi connectivity index (χ2n) is 6.48. The summed E-state index contributed by atoms with van der Waals surface area (Å²) >= 11 is 0. The standard InChI is InChI=1S/C16H18F3N5O6/c1-6(25)28-5-9-11(19)12(29-7(2)26)14(30-9)24-13-8(3-21-15(20)22-13)23(16(24)27)4-10(17)18/h3,9-12,14H,4-5H2,1-2H3,(H2,20,21,22)/t9-,11-,12-,14-/m1/s1. The van der Waals surface area contributed by atoms with Crippen molar-refractivity contribution in [1.82, 2.24) is 19.1 Å². The van der Waals surface area contributed by atoms with E-state index in [0.717, 1.165) is 24.6 Å². The molecule has 1 fully saturated rings. The van der Waals surface area contributed by atoms with Gasteiger partial charge in [0, 0.05) is 13.8 Å². The molecule has 0 aromatic carbocycles. The molecule has 2 N–H and O–H groups in total. The van der Waals surface area contributed by atoms with Gasteiger partial charge in [-0.2, -0.15) is 4.98 Å². The summed E-state index contributed by atoms with van der Waals surface area (Å²) in [5, 5.41) is 0. The van der Waals surface area contributed by atoms with Crippen LogP contribution in [0.4, 0.5) is 19.1 Å². The fraction of sp³-hybridized carbons (Fsp3) is 0.562. The number of nitrogen functional groups attached to an aromatic ring is 1. The fourth-order valence-corrected chi connectivity index (χ4v) is 3.17. The van der Waals surface area contributed by atoms with Crippen molar-refractivity contribution in [3.63, 3.8) is 0 Å². The summed E-state index contributed by atoms with van der Waals surface area (Å²) in [5.74, 6) is -1.85. The summed E-state index contributed by atoms with van der Waals surface area (Å²) in [6.45, 7) is 0.611. The number of imidazole rings is 1. The fourth-order valence-electron chi connectivity index (χ4n) is 3.17. The number of anilines is 1. The van der Waals surface area contributed by atoms with Gasteiger partial charge in [0.2, 0.25) is 5.95 Å². The Morgan fingerprint density at radius 3 is 2.63 bits per heavy atom. The molecule has 2 aromatic heterocycles. The van der Waals surface area contributed by atoms with E-state index in [1.165, 1.54) is 0 Å².